The number of carbonyl (C=O) groups is 2. The van der Waals surface area contributed by atoms with Crippen LogP contribution in [-0.4, -0.2) is 28.5 Å². The van der Waals surface area contributed by atoms with Crippen LogP contribution < -0.4 is 21.5 Å². The van der Waals surface area contributed by atoms with E-state index >= 15 is 0 Å². The van der Waals surface area contributed by atoms with Gasteiger partial charge in [-0.05, 0) is 36.4 Å². The zero-order valence-corrected chi connectivity index (χ0v) is 14.0. The molecule has 0 aliphatic carbocycles. The van der Waals surface area contributed by atoms with Crippen molar-refractivity contribution in [2.24, 2.45) is 0 Å². The van der Waals surface area contributed by atoms with E-state index in [1.807, 2.05) is 0 Å². The molecule has 0 aliphatic heterocycles. The number of para-hydroxylation sites is 1. The quantitative estimate of drug-likeness (QED) is 0.666. The largest absolute Gasteiger partial charge is 0.341 e. The van der Waals surface area contributed by atoms with Gasteiger partial charge in [0.25, 0.3) is 5.56 Å². The molecule has 0 spiro atoms. The van der Waals surface area contributed by atoms with E-state index in [1.54, 1.807) is 48.5 Å². The number of benzene rings is 2. The number of urea groups is 1. The molecule has 3 aromatic rings. The Morgan fingerprint density at radius 1 is 1.00 bits per heavy atom. The number of nitrogens with zero attached hydrogens (tertiary/aromatic N) is 2. The second-order valence-electron chi connectivity index (χ2n) is 5.52. The van der Waals surface area contributed by atoms with Crippen molar-refractivity contribution < 1.29 is 9.59 Å². The monoisotopic (exact) mass is 351 g/mol. The van der Waals surface area contributed by atoms with Crippen LogP contribution in [0.25, 0.3) is 10.9 Å². The molecule has 3 amide bonds. The summed E-state index contributed by atoms with van der Waals surface area (Å²) in [6.07, 6.45) is 1.36. The van der Waals surface area contributed by atoms with Gasteiger partial charge >= 0.3 is 6.03 Å². The molecule has 0 radical (unpaired) electrons. The number of fused-ring (bicyclic) bond motifs is 1. The second-order valence-corrected chi connectivity index (χ2v) is 5.52. The van der Waals surface area contributed by atoms with Crippen molar-refractivity contribution >= 4 is 34.2 Å². The molecule has 0 bridgehead atoms. The number of aromatic nitrogens is 2. The average Bonchev–Trinajstić information content (AvgIpc) is 2.65. The van der Waals surface area contributed by atoms with Crippen LogP contribution in [0, 0.1) is 0 Å². The maximum absolute atomic E-state index is 12.4. The van der Waals surface area contributed by atoms with Crippen LogP contribution in [0.5, 0.6) is 0 Å². The van der Waals surface area contributed by atoms with Gasteiger partial charge in [-0.2, -0.15) is 0 Å². The van der Waals surface area contributed by atoms with E-state index in [4.69, 9.17) is 0 Å². The highest BCUT2D eigenvalue weighted by atomic mass is 16.2. The Labute approximate surface area is 148 Å². The lowest BCUT2D eigenvalue weighted by Gasteiger charge is -2.09. The third-order valence-corrected chi connectivity index (χ3v) is 3.70. The Morgan fingerprint density at radius 3 is 2.35 bits per heavy atom. The maximum Gasteiger partial charge on any atom is 0.318 e. The zero-order valence-electron chi connectivity index (χ0n) is 14.0. The van der Waals surface area contributed by atoms with E-state index in [0.29, 0.717) is 22.3 Å². The van der Waals surface area contributed by atoms with E-state index in [9.17, 15) is 14.4 Å². The minimum Gasteiger partial charge on any atom is -0.341 e. The van der Waals surface area contributed by atoms with Crippen molar-refractivity contribution in [3.8, 4) is 0 Å². The Kier molecular flexibility index (Phi) is 4.93. The van der Waals surface area contributed by atoms with Crippen molar-refractivity contribution in [2.75, 3.05) is 17.7 Å². The maximum atomic E-state index is 12.4. The summed E-state index contributed by atoms with van der Waals surface area (Å²) in [6, 6.07) is 13.3. The molecule has 0 atom stereocenters. The first-order chi connectivity index (χ1) is 12.6. The highest BCUT2D eigenvalue weighted by Gasteiger charge is 2.08. The van der Waals surface area contributed by atoms with Gasteiger partial charge in [-0.3, -0.25) is 14.2 Å². The standard InChI is InChI=1S/C18H17N5O3/c1-19-18(26)22-13-8-6-12(7-9-13)21-16(24)10-23-11-20-15-5-3-2-4-14(15)17(23)25/h2-9,11H,10H2,1H3,(H,21,24)(H2,19,22,26). The molecule has 8 heteroatoms. The van der Waals surface area contributed by atoms with Crippen LogP contribution in [-0.2, 0) is 11.3 Å². The fraction of sp³-hybridized carbons (Fsp3) is 0.111. The van der Waals surface area contributed by atoms with Crippen LogP contribution in [0.3, 0.4) is 0 Å². The molecule has 0 fully saturated rings. The molecule has 2 aromatic carbocycles. The summed E-state index contributed by atoms with van der Waals surface area (Å²) in [5.41, 5.74) is 1.47. The summed E-state index contributed by atoms with van der Waals surface area (Å²) < 4.78 is 1.26. The minimum atomic E-state index is -0.351. The number of hydrogen-bond donors (Lipinski definition) is 3. The van der Waals surface area contributed by atoms with Crippen molar-refractivity contribution in [1.29, 1.82) is 0 Å². The van der Waals surface area contributed by atoms with Gasteiger partial charge in [0.15, 0.2) is 0 Å². The van der Waals surface area contributed by atoms with E-state index in [1.165, 1.54) is 17.9 Å². The molecule has 8 nitrogen and oxygen atoms in total. The number of carbonyl (C=O) groups excluding carboxylic acids is 2. The predicted molar refractivity (Wildman–Crippen MR) is 99.2 cm³/mol. The van der Waals surface area contributed by atoms with Crippen LogP contribution in [0.1, 0.15) is 0 Å². The molecule has 132 valence electrons. The summed E-state index contributed by atoms with van der Waals surface area (Å²) in [6.45, 7) is -0.144. The van der Waals surface area contributed by atoms with Crippen molar-refractivity contribution in [2.45, 2.75) is 6.54 Å². The van der Waals surface area contributed by atoms with Gasteiger partial charge in [0.2, 0.25) is 5.91 Å². The summed E-state index contributed by atoms with van der Waals surface area (Å²) >= 11 is 0. The molecule has 26 heavy (non-hydrogen) atoms. The average molecular weight is 351 g/mol. The number of nitrogens with one attached hydrogen (secondary N) is 3. The first kappa shape index (κ1) is 17.2. The number of amides is 3. The zero-order chi connectivity index (χ0) is 18.5. The Bertz CT molecular complexity index is 1010. The van der Waals surface area contributed by atoms with Gasteiger partial charge < -0.3 is 16.0 Å². The highest BCUT2D eigenvalue weighted by Crippen LogP contribution is 2.13. The van der Waals surface area contributed by atoms with Gasteiger partial charge in [-0.1, -0.05) is 12.1 Å². The van der Waals surface area contributed by atoms with E-state index in [2.05, 4.69) is 20.9 Å². The fourth-order valence-electron chi connectivity index (χ4n) is 2.40. The number of hydrogen-bond acceptors (Lipinski definition) is 4. The lowest BCUT2D eigenvalue weighted by atomic mass is 10.2. The Morgan fingerprint density at radius 2 is 1.65 bits per heavy atom. The van der Waals surface area contributed by atoms with Crippen LogP contribution in [0.15, 0.2) is 59.7 Å². The van der Waals surface area contributed by atoms with Gasteiger partial charge in [0.05, 0.1) is 17.2 Å². The fourth-order valence-corrected chi connectivity index (χ4v) is 2.40. The molecular formula is C18H17N5O3. The van der Waals surface area contributed by atoms with Gasteiger partial charge in [-0.25, -0.2) is 9.78 Å². The normalized spacial score (nSPS) is 10.3. The SMILES string of the molecule is CNC(=O)Nc1ccc(NC(=O)Cn2cnc3ccccc3c2=O)cc1. The molecular weight excluding hydrogens is 334 g/mol. The Hall–Kier alpha value is -3.68. The number of anilines is 2. The molecule has 0 aliphatic rings. The van der Waals surface area contributed by atoms with Crippen LogP contribution >= 0.6 is 0 Å². The molecule has 0 saturated heterocycles. The third kappa shape index (κ3) is 3.86. The molecule has 0 saturated carbocycles. The van der Waals surface area contributed by atoms with Gasteiger partial charge in [-0.15, -0.1) is 0 Å². The predicted octanol–water partition coefficient (Wildman–Crippen LogP) is 1.79. The summed E-state index contributed by atoms with van der Waals surface area (Å²) in [7, 11) is 1.52. The van der Waals surface area contributed by atoms with Crippen LogP contribution in [0.4, 0.5) is 16.2 Å². The van der Waals surface area contributed by atoms with Crippen molar-refractivity contribution in [1.82, 2.24) is 14.9 Å². The topological polar surface area (TPSA) is 105 Å². The van der Waals surface area contributed by atoms with E-state index in [0.717, 1.165) is 0 Å². The van der Waals surface area contributed by atoms with E-state index in [-0.39, 0.29) is 24.0 Å². The van der Waals surface area contributed by atoms with Crippen molar-refractivity contribution in [3.05, 3.63) is 65.2 Å². The molecule has 3 N–H and O–H groups in total. The first-order valence-corrected chi connectivity index (χ1v) is 7.89. The molecule has 0 unspecified atom stereocenters. The molecule has 1 heterocycles. The Balaban J connectivity index is 1.68. The smallest absolute Gasteiger partial charge is 0.318 e. The summed E-state index contributed by atoms with van der Waals surface area (Å²) in [5.74, 6) is -0.351. The summed E-state index contributed by atoms with van der Waals surface area (Å²) in [5, 5.41) is 8.24. The van der Waals surface area contributed by atoms with E-state index < -0.39 is 0 Å². The molecule has 1 aromatic heterocycles. The molecule has 3 rings (SSSR count). The number of rotatable bonds is 4. The van der Waals surface area contributed by atoms with Crippen LogP contribution in [0.2, 0.25) is 0 Å². The minimum absolute atomic E-state index is 0.144. The third-order valence-electron chi connectivity index (χ3n) is 3.70. The lowest BCUT2D eigenvalue weighted by Crippen LogP contribution is -2.28. The van der Waals surface area contributed by atoms with Crippen molar-refractivity contribution in [3.63, 3.8) is 0 Å². The van der Waals surface area contributed by atoms with Gasteiger partial charge in [0, 0.05) is 18.4 Å². The lowest BCUT2D eigenvalue weighted by molar-refractivity contribution is -0.116. The summed E-state index contributed by atoms with van der Waals surface area (Å²) in [4.78, 5) is 40.0. The highest BCUT2D eigenvalue weighted by molar-refractivity contribution is 5.92. The second kappa shape index (κ2) is 7.47. The first-order valence-electron chi connectivity index (χ1n) is 7.89. The van der Waals surface area contributed by atoms with Gasteiger partial charge in [0.1, 0.15) is 6.54 Å².